The molecular weight excluding hydrogens is 253 g/mol. The van der Waals surface area contributed by atoms with E-state index >= 15 is 0 Å². The average molecular weight is 261 g/mol. The molecule has 1 atom stereocenters. The minimum absolute atomic E-state index is 0.495. The summed E-state index contributed by atoms with van der Waals surface area (Å²) in [7, 11) is 0. The van der Waals surface area contributed by atoms with Crippen LogP contribution < -0.4 is 10.9 Å². The SMILES string of the molecule is Clc1cccnc1C1(Br)C=CNN1. The lowest BCUT2D eigenvalue weighted by atomic mass is 10.2. The van der Waals surface area contributed by atoms with Gasteiger partial charge >= 0.3 is 0 Å². The molecule has 1 unspecified atom stereocenters. The predicted octanol–water partition coefficient (Wildman–Crippen LogP) is 1.90. The molecule has 2 N–H and O–H groups in total. The third-order valence-corrected chi connectivity index (χ3v) is 2.90. The first-order valence-corrected chi connectivity index (χ1v) is 4.90. The van der Waals surface area contributed by atoms with Gasteiger partial charge < -0.3 is 5.43 Å². The monoisotopic (exact) mass is 259 g/mol. The maximum absolute atomic E-state index is 6.00. The van der Waals surface area contributed by atoms with Crippen molar-refractivity contribution in [2.45, 2.75) is 4.45 Å². The van der Waals surface area contributed by atoms with Crippen molar-refractivity contribution in [1.29, 1.82) is 0 Å². The molecule has 68 valence electrons. The molecule has 1 aromatic heterocycles. The van der Waals surface area contributed by atoms with Gasteiger partial charge in [0.15, 0.2) is 4.45 Å². The maximum atomic E-state index is 6.00. The van der Waals surface area contributed by atoms with E-state index < -0.39 is 4.45 Å². The van der Waals surface area contributed by atoms with Crippen LogP contribution in [0.15, 0.2) is 30.6 Å². The van der Waals surface area contributed by atoms with Gasteiger partial charge in [-0.25, -0.2) is 5.43 Å². The summed E-state index contributed by atoms with van der Waals surface area (Å²) in [5, 5.41) is 0.625. The van der Waals surface area contributed by atoms with E-state index in [0.29, 0.717) is 5.02 Å². The van der Waals surface area contributed by atoms with Gasteiger partial charge in [-0.05, 0) is 18.2 Å². The summed E-state index contributed by atoms with van der Waals surface area (Å²) in [5.41, 5.74) is 6.61. The van der Waals surface area contributed by atoms with Crippen molar-refractivity contribution in [1.82, 2.24) is 15.8 Å². The van der Waals surface area contributed by atoms with E-state index in [1.807, 2.05) is 6.08 Å². The first kappa shape index (κ1) is 8.99. The molecule has 2 heterocycles. The lowest BCUT2D eigenvalue weighted by Crippen LogP contribution is -2.37. The molecule has 0 aromatic carbocycles. The van der Waals surface area contributed by atoms with Gasteiger partial charge in [-0.3, -0.25) is 4.98 Å². The van der Waals surface area contributed by atoms with Crippen LogP contribution in [0.1, 0.15) is 5.69 Å². The molecule has 0 saturated heterocycles. The smallest absolute Gasteiger partial charge is 0.155 e. The van der Waals surface area contributed by atoms with E-state index in [1.165, 1.54) is 0 Å². The molecule has 2 rings (SSSR count). The molecule has 1 aromatic rings. The minimum atomic E-state index is -0.495. The highest BCUT2D eigenvalue weighted by Gasteiger charge is 2.31. The highest BCUT2D eigenvalue weighted by Crippen LogP contribution is 2.33. The molecule has 5 heteroatoms. The van der Waals surface area contributed by atoms with Crippen LogP contribution in [0.2, 0.25) is 5.02 Å². The van der Waals surface area contributed by atoms with E-state index in [9.17, 15) is 0 Å². The first-order valence-electron chi connectivity index (χ1n) is 3.73. The number of alkyl halides is 1. The Morgan fingerprint density at radius 2 is 2.38 bits per heavy atom. The topological polar surface area (TPSA) is 37.0 Å². The highest BCUT2D eigenvalue weighted by molar-refractivity contribution is 9.09. The Bertz CT molecular complexity index is 355. The second kappa shape index (κ2) is 3.29. The number of halogens is 2. The fourth-order valence-corrected chi connectivity index (χ4v) is 2.08. The molecular formula is C8H7BrClN3. The summed E-state index contributed by atoms with van der Waals surface area (Å²) in [6.45, 7) is 0. The summed E-state index contributed by atoms with van der Waals surface area (Å²) < 4.78 is -0.495. The summed E-state index contributed by atoms with van der Waals surface area (Å²) >= 11 is 9.50. The van der Waals surface area contributed by atoms with Crippen LogP contribution in [0.3, 0.4) is 0 Å². The van der Waals surface area contributed by atoms with Gasteiger partial charge in [-0.1, -0.05) is 27.5 Å². The molecule has 13 heavy (non-hydrogen) atoms. The molecule has 1 aliphatic rings. The molecule has 0 saturated carbocycles. The Morgan fingerprint density at radius 1 is 1.54 bits per heavy atom. The van der Waals surface area contributed by atoms with Gasteiger partial charge in [0.1, 0.15) is 0 Å². The Kier molecular flexibility index (Phi) is 2.27. The molecule has 3 nitrogen and oxygen atoms in total. The van der Waals surface area contributed by atoms with Gasteiger partial charge in [0.2, 0.25) is 0 Å². The van der Waals surface area contributed by atoms with Crippen LogP contribution >= 0.6 is 27.5 Å². The quantitative estimate of drug-likeness (QED) is 0.598. The summed E-state index contributed by atoms with van der Waals surface area (Å²) in [5.74, 6) is 0. The Hall–Kier alpha value is -0.580. The van der Waals surface area contributed by atoms with Crippen molar-refractivity contribution in [3.8, 4) is 0 Å². The zero-order valence-electron chi connectivity index (χ0n) is 6.59. The predicted molar refractivity (Wildman–Crippen MR) is 55.3 cm³/mol. The van der Waals surface area contributed by atoms with Crippen molar-refractivity contribution in [3.05, 3.63) is 41.3 Å². The average Bonchev–Trinajstić information content (AvgIpc) is 2.54. The zero-order valence-corrected chi connectivity index (χ0v) is 8.93. The molecule has 1 aliphatic heterocycles. The standard InChI is InChI=1S/C8H7BrClN3/c9-8(3-5-12-13-8)7-6(10)2-1-4-11-7/h1-5,12-13H. The van der Waals surface area contributed by atoms with Crippen LogP contribution in [-0.4, -0.2) is 4.98 Å². The van der Waals surface area contributed by atoms with Gasteiger partial charge in [0, 0.05) is 12.4 Å². The minimum Gasteiger partial charge on any atom is -0.327 e. The number of nitrogens with zero attached hydrogens (tertiary/aromatic N) is 1. The Balaban J connectivity index is 2.45. The normalized spacial score (nSPS) is 26.0. The molecule has 0 amide bonds. The van der Waals surface area contributed by atoms with Gasteiger partial charge in [-0.2, -0.15) is 0 Å². The van der Waals surface area contributed by atoms with Gasteiger partial charge in [0.25, 0.3) is 0 Å². The number of hydrazine groups is 1. The van der Waals surface area contributed by atoms with Crippen molar-refractivity contribution in [3.63, 3.8) is 0 Å². The highest BCUT2D eigenvalue weighted by atomic mass is 79.9. The molecule has 0 spiro atoms. The fourth-order valence-electron chi connectivity index (χ4n) is 1.14. The van der Waals surface area contributed by atoms with E-state index in [2.05, 4.69) is 31.8 Å². The maximum Gasteiger partial charge on any atom is 0.155 e. The third kappa shape index (κ3) is 1.57. The number of pyridine rings is 1. The van der Waals surface area contributed by atoms with E-state index in [-0.39, 0.29) is 0 Å². The van der Waals surface area contributed by atoms with Crippen LogP contribution in [-0.2, 0) is 4.45 Å². The van der Waals surface area contributed by atoms with Crippen LogP contribution in [0.4, 0.5) is 0 Å². The second-order valence-corrected chi connectivity index (χ2v) is 4.31. The van der Waals surface area contributed by atoms with Crippen molar-refractivity contribution >= 4 is 27.5 Å². The van der Waals surface area contributed by atoms with Crippen molar-refractivity contribution in [2.75, 3.05) is 0 Å². The number of rotatable bonds is 1. The second-order valence-electron chi connectivity index (χ2n) is 2.65. The molecule has 0 bridgehead atoms. The summed E-state index contributed by atoms with van der Waals surface area (Å²) in [6, 6.07) is 3.61. The Labute approximate surface area is 89.3 Å². The van der Waals surface area contributed by atoms with E-state index in [0.717, 1.165) is 5.69 Å². The zero-order chi connectivity index (χ0) is 9.31. The first-order chi connectivity index (χ1) is 6.22. The van der Waals surface area contributed by atoms with Gasteiger partial charge in [-0.15, -0.1) is 0 Å². The number of hydrogen-bond acceptors (Lipinski definition) is 3. The number of aromatic nitrogens is 1. The summed E-state index contributed by atoms with van der Waals surface area (Å²) in [6.07, 6.45) is 5.40. The van der Waals surface area contributed by atoms with Crippen molar-refractivity contribution in [2.24, 2.45) is 0 Å². The fraction of sp³-hybridized carbons (Fsp3) is 0.125. The van der Waals surface area contributed by atoms with Crippen LogP contribution in [0.25, 0.3) is 0 Å². The largest absolute Gasteiger partial charge is 0.327 e. The third-order valence-electron chi connectivity index (χ3n) is 1.75. The summed E-state index contributed by atoms with van der Waals surface area (Å²) in [4.78, 5) is 4.20. The van der Waals surface area contributed by atoms with Gasteiger partial charge in [0.05, 0.1) is 10.7 Å². The molecule has 0 fully saturated rings. The van der Waals surface area contributed by atoms with Crippen molar-refractivity contribution < 1.29 is 0 Å². The molecule has 0 radical (unpaired) electrons. The lowest BCUT2D eigenvalue weighted by Gasteiger charge is -2.20. The van der Waals surface area contributed by atoms with E-state index in [4.69, 9.17) is 11.6 Å². The van der Waals surface area contributed by atoms with Crippen LogP contribution in [0.5, 0.6) is 0 Å². The number of nitrogens with one attached hydrogen (secondary N) is 2. The number of hydrogen-bond donors (Lipinski definition) is 2. The van der Waals surface area contributed by atoms with E-state index in [1.54, 1.807) is 24.5 Å². The molecule has 0 aliphatic carbocycles. The van der Waals surface area contributed by atoms with Crippen LogP contribution in [0, 0.1) is 0 Å². The Morgan fingerprint density at radius 3 is 3.00 bits per heavy atom. The lowest BCUT2D eigenvalue weighted by molar-refractivity contribution is 0.564.